The number of Topliss-reactive ketones (excluding diaryl/α,β-unsaturated/α-hetero) is 1. The van der Waals surface area contributed by atoms with Crippen LogP contribution in [0.25, 0.3) is 0 Å². The number of halogens is 1. The molecule has 0 heterocycles. The number of amides is 2. The van der Waals surface area contributed by atoms with Crippen molar-refractivity contribution in [1.82, 2.24) is 10.6 Å². The molecule has 5 nitrogen and oxygen atoms in total. The summed E-state index contributed by atoms with van der Waals surface area (Å²) in [4.78, 5) is 34.2. The molecule has 0 aliphatic heterocycles. The van der Waals surface area contributed by atoms with Crippen LogP contribution in [-0.2, 0) is 9.59 Å². The van der Waals surface area contributed by atoms with Gasteiger partial charge in [0.2, 0.25) is 11.8 Å². The van der Waals surface area contributed by atoms with E-state index in [0.29, 0.717) is 23.7 Å². The predicted octanol–water partition coefficient (Wildman–Crippen LogP) is 2.34. The van der Waals surface area contributed by atoms with E-state index in [0.717, 1.165) is 12.8 Å². The molecule has 0 saturated heterocycles. The fourth-order valence-electron chi connectivity index (χ4n) is 1.86. The van der Waals surface area contributed by atoms with Gasteiger partial charge in [-0.15, -0.1) is 0 Å². The van der Waals surface area contributed by atoms with E-state index in [2.05, 4.69) is 10.6 Å². The summed E-state index contributed by atoms with van der Waals surface area (Å²) in [7, 11) is 0. The van der Waals surface area contributed by atoms with E-state index in [1.807, 2.05) is 0 Å². The summed E-state index contributed by atoms with van der Waals surface area (Å²) in [5.74, 6) is -0.290. The molecule has 0 bridgehead atoms. The molecule has 1 rings (SSSR count). The van der Waals surface area contributed by atoms with Crippen LogP contribution in [0.1, 0.15) is 43.0 Å². The zero-order valence-electron chi connectivity index (χ0n) is 12.7. The van der Waals surface area contributed by atoms with Crippen LogP contribution in [0.3, 0.4) is 0 Å². The Morgan fingerprint density at radius 3 is 2.36 bits per heavy atom. The van der Waals surface area contributed by atoms with Crippen molar-refractivity contribution in [3.63, 3.8) is 0 Å². The summed E-state index contributed by atoms with van der Waals surface area (Å²) in [6, 6.07) is 6.70. The zero-order valence-corrected chi connectivity index (χ0v) is 13.4. The molecule has 120 valence electrons. The minimum atomic E-state index is -0.144. The Kier molecular flexibility index (Phi) is 8.22. The van der Waals surface area contributed by atoms with E-state index < -0.39 is 0 Å². The number of ketones is 1. The van der Waals surface area contributed by atoms with Gasteiger partial charge in [-0.05, 0) is 25.0 Å². The van der Waals surface area contributed by atoms with Crippen LogP contribution >= 0.6 is 11.6 Å². The highest BCUT2D eigenvalue weighted by atomic mass is 35.5. The molecule has 6 heteroatoms. The lowest BCUT2D eigenvalue weighted by Crippen LogP contribution is -2.26. The van der Waals surface area contributed by atoms with Gasteiger partial charge in [-0.25, -0.2) is 0 Å². The Labute approximate surface area is 135 Å². The third kappa shape index (κ3) is 7.78. The molecule has 0 aromatic heterocycles. The van der Waals surface area contributed by atoms with E-state index >= 15 is 0 Å². The lowest BCUT2D eigenvalue weighted by molar-refractivity contribution is -0.121. The van der Waals surface area contributed by atoms with Crippen molar-refractivity contribution >= 4 is 29.2 Å². The molecule has 0 aliphatic carbocycles. The van der Waals surface area contributed by atoms with Crippen molar-refractivity contribution < 1.29 is 14.4 Å². The van der Waals surface area contributed by atoms with Crippen molar-refractivity contribution in [2.75, 3.05) is 13.1 Å². The van der Waals surface area contributed by atoms with Crippen LogP contribution < -0.4 is 10.6 Å². The minimum absolute atomic E-state index is 0.0523. The highest BCUT2D eigenvalue weighted by Crippen LogP contribution is 2.13. The van der Waals surface area contributed by atoms with E-state index in [1.54, 1.807) is 24.3 Å². The van der Waals surface area contributed by atoms with Crippen LogP contribution in [0.4, 0.5) is 0 Å². The number of benzene rings is 1. The zero-order chi connectivity index (χ0) is 16.4. The first-order valence-electron chi connectivity index (χ1n) is 7.29. The van der Waals surface area contributed by atoms with Gasteiger partial charge >= 0.3 is 0 Å². The second kappa shape index (κ2) is 9.95. The SMILES string of the molecule is CC(=O)NCCCCNC(=O)CCC(=O)c1cccc(Cl)c1. The van der Waals surface area contributed by atoms with Crippen molar-refractivity contribution in [2.45, 2.75) is 32.6 Å². The van der Waals surface area contributed by atoms with Crippen LogP contribution in [0.15, 0.2) is 24.3 Å². The molecule has 22 heavy (non-hydrogen) atoms. The predicted molar refractivity (Wildman–Crippen MR) is 85.9 cm³/mol. The first-order chi connectivity index (χ1) is 10.5. The van der Waals surface area contributed by atoms with Gasteiger partial charge in [-0.2, -0.15) is 0 Å². The van der Waals surface area contributed by atoms with Gasteiger partial charge < -0.3 is 10.6 Å². The third-order valence-electron chi connectivity index (χ3n) is 3.03. The monoisotopic (exact) mass is 324 g/mol. The molecule has 0 saturated carbocycles. The highest BCUT2D eigenvalue weighted by molar-refractivity contribution is 6.31. The van der Waals surface area contributed by atoms with Crippen LogP contribution in [0, 0.1) is 0 Å². The maximum Gasteiger partial charge on any atom is 0.220 e. The van der Waals surface area contributed by atoms with Gasteiger partial charge in [0.15, 0.2) is 5.78 Å². The fourth-order valence-corrected chi connectivity index (χ4v) is 2.05. The van der Waals surface area contributed by atoms with Gasteiger partial charge in [0.25, 0.3) is 0 Å². The quantitative estimate of drug-likeness (QED) is 0.541. The van der Waals surface area contributed by atoms with E-state index in [4.69, 9.17) is 11.6 Å². The molecule has 0 radical (unpaired) electrons. The van der Waals surface area contributed by atoms with Crippen LogP contribution in [0.2, 0.25) is 5.02 Å². The molecule has 1 aromatic rings. The molecule has 0 atom stereocenters. The Hall–Kier alpha value is -1.88. The van der Waals surface area contributed by atoms with Gasteiger partial charge in [0, 0.05) is 43.4 Å². The summed E-state index contributed by atoms with van der Waals surface area (Å²) < 4.78 is 0. The topological polar surface area (TPSA) is 75.3 Å². The summed E-state index contributed by atoms with van der Waals surface area (Å²) >= 11 is 5.82. The Balaban J connectivity index is 2.15. The fraction of sp³-hybridized carbons (Fsp3) is 0.438. The van der Waals surface area contributed by atoms with Crippen molar-refractivity contribution in [3.05, 3.63) is 34.9 Å². The molecule has 0 unspecified atom stereocenters. The number of hydrogen-bond acceptors (Lipinski definition) is 3. The normalized spacial score (nSPS) is 10.1. The van der Waals surface area contributed by atoms with Crippen LogP contribution in [0.5, 0.6) is 0 Å². The van der Waals surface area contributed by atoms with Crippen molar-refractivity contribution in [2.24, 2.45) is 0 Å². The van der Waals surface area contributed by atoms with Crippen molar-refractivity contribution in [3.8, 4) is 0 Å². The molecule has 0 aliphatic rings. The first-order valence-corrected chi connectivity index (χ1v) is 7.66. The summed E-state index contributed by atoms with van der Waals surface area (Å²) in [5.41, 5.74) is 0.524. The standard InChI is InChI=1S/C16H21ClN2O3/c1-12(20)18-9-2-3-10-19-16(22)8-7-15(21)13-5-4-6-14(17)11-13/h4-6,11H,2-3,7-10H2,1H3,(H,18,20)(H,19,22). The average molecular weight is 325 g/mol. The smallest absolute Gasteiger partial charge is 0.220 e. The maximum atomic E-state index is 11.9. The summed E-state index contributed by atoms with van der Waals surface area (Å²) in [5, 5.41) is 5.96. The molecule has 0 spiro atoms. The molecule has 1 aromatic carbocycles. The van der Waals surface area contributed by atoms with Crippen molar-refractivity contribution in [1.29, 1.82) is 0 Å². The number of carbonyl (C=O) groups is 3. The van der Waals surface area contributed by atoms with E-state index in [9.17, 15) is 14.4 Å². The summed E-state index contributed by atoms with van der Waals surface area (Å²) in [6.45, 7) is 2.63. The second-order valence-electron chi connectivity index (χ2n) is 4.97. The molecular weight excluding hydrogens is 304 g/mol. The number of carbonyl (C=O) groups excluding carboxylic acids is 3. The maximum absolute atomic E-state index is 11.9. The Morgan fingerprint density at radius 1 is 1.05 bits per heavy atom. The number of rotatable bonds is 9. The highest BCUT2D eigenvalue weighted by Gasteiger charge is 2.09. The largest absolute Gasteiger partial charge is 0.356 e. The summed E-state index contributed by atoms with van der Waals surface area (Å²) in [6.07, 6.45) is 1.92. The lowest BCUT2D eigenvalue weighted by Gasteiger charge is -2.06. The number of hydrogen-bond donors (Lipinski definition) is 2. The van der Waals surface area contributed by atoms with E-state index in [1.165, 1.54) is 6.92 Å². The van der Waals surface area contributed by atoms with Gasteiger partial charge in [-0.3, -0.25) is 14.4 Å². The molecule has 0 fully saturated rings. The lowest BCUT2D eigenvalue weighted by atomic mass is 10.1. The van der Waals surface area contributed by atoms with E-state index in [-0.39, 0.29) is 30.4 Å². The minimum Gasteiger partial charge on any atom is -0.356 e. The number of nitrogens with one attached hydrogen (secondary N) is 2. The van der Waals surface area contributed by atoms with Gasteiger partial charge in [0.1, 0.15) is 0 Å². The van der Waals surface area contributed by atoms with Gasteiger partial charge in [0.05, 0.1) is 0 Å². The first kappa shape index (κ1) is 18.2. The van der Waals surface area contributed by atoms with Gasteiger partial charge in [-0.1, -0.05) is 23.7 Å². The molecule has 2 amide bonds. The third-order valence-corrected chi connectivity index (χ3v) is 3.26. The number of unbranched alkanes of at least 4 members (excludes halogenated alkanes) is 1. The Morgan fingerprint density at radius 2 is 1.73 bits per heavy atom. The Bertz CT molecular complexity index is 532. The second-order valence-corrected chi connectivity index (χ2v) is 5.41. The molecule has 2 N–H and O–H groups in total. The molecular formula is C16H21ClN2O3. The van der Waals surface area contributed by atoms with Crippen LogP contribution in [-0.4, -0.2) is 30.7 Å². The average Bonchev–Trinajstić information content (AvgIpc) is 2.48.